The summed E-state index contributed by atoms with van der Waals surface area (Å²) < 4.78 is 6.22. The molecule has 0 aliphatic carbocycles. The Bertz CT molecular complexity index is 674. The number of aromatic nitrogens is 2. The summed E-state index contributed by atoms with van der Waals surface area (Å²) >= 11 is 3.41. The van der Waals surface area contributed by atoms with Crippen LogP contribution in [0.3, 0.4) is 0 Å². The maximum Gasteiger partial charge on any atom is 0.320 e. The second-order valence-corrected chi connectivity index (χ2v) is 6.26. The van der Waals surface area contributed by atoms with Crippen LogP contribution in [0.5, 0.6) is 0 Å². The molecule has 3 rings (SSSR count). The highest BCUT2D eigenvalue weighted by Crippen LogP contribution is 2.22. The van der Waals surface area contributed by atoms with Crippen LogP contribution in [0.2, 0.25) is 0 Å². The van der Waals surface area contributed by atoms with E-state index in [1.165, 1.54) is 0 Å². The number of aliphatic carboxylic acids is 1. The van der Waals surface area contributed by atoms with Gasteiger partial charge in [0.15, 0.2) is 0 Å². The molecule has 1 aromatic carbocycles. The highest BCUT2D eigenvalue weighted by atomic mass is 79.9. The lowest BCUT2D eigenvalue weighted by molar-refractivity contribution is -0.145. The van der Waals surface area contributed by atoms with Crippen molar-refractivity contribution in [3.8, 4) is 11.4 Å². The van der Waals surface area contributed by atoms with Crippen molar-refractivity contribution in [2.24, 2.45) is 0 Å². The Balaban J connectivity index is 1.75. The number of rotatable bonds is 4. The van der Waals surface area contributed by atoms with Crippen LogP contribution >= 0.6 is 15.9 Å². The van der Waals surface area contributed by atoms with E-state index in [0.29, 0.717) is 24.7 Å². The van der Waals surface area contributed by atoms with Crippen molar-refractivity contribution in [2.45, 2.75) is 31.8 Å². The van der Waals surface area contributed by atoms with Crippen LogP contribution < -0.4 is 0 Å². The minimum absolute atomic E-state index is 0.373. The van der Waals surface area contributed by atoms with Crippen LogP contribution in [0, 0.1) is 0 Å². The van der Waals surface area contributed by atoms with Gasteiger partial charge >= 0.3 is 5.97 Å². The van der Waals surface area contributed by atoms with Gasteiger partial charge in [-0.05, 0) is 31.5 Å². The summed E-state index contributed by atoms with van der Waals surface area (Å²) in [4.78, 5) is 17.6. The highest BCUT2D eigenvalue weighted by Gasteiger charge is 2.29. The van der Waals surface area contributed by atoms with Crippen molar-refractivity contribution in [3.63, 3.8) is 0 Å². The standard InChI is InChI=1S/C15H16BrN3O3/c16-11-5-3-4-10(8-11)14-17-13(22-18-14)9-19-7-2-1-6-12(19)15(20)21/h3-5,8,12H,1-2,6-7,9H2,(H,20,21). The number of hydrogen-bond donors (Lipinski definition) is 1. The molecule has 1 aromatic heterocycles. The number of carboxylic acid groups (broad SMARTS) is 1. The van der Waals surface area contributed by atoms with E-state index in [2.05, 4.69) is 26.1 Å². The molecular weight excluding hydrogens is 350 g/mol. The quantitative estimate of drug-likeness (QED) is 0.896. The Morgan fingerprint density at radius 3 is 3.09 bits per heavy atom. The zero-order valence-electron chi connectivity index (χ0n) is 11.9. The Morgan fingerprint density at radius 2 is 2.32 bits per heavy atom. The fourth-order valence-corrected chi connectivity index (χ4v) is 3.10. The number of piperidine rings is 1. The lowest BCUT2D eigenvalue weighted by atomic mass is 10.0. The highest BCUT2D eigenvalue weighted by molar-refractivity contribution is 9.10. The predicted octanol–water partition coefficient (Wildman–Crippen LogP) is 2.94. The van der Waals surface area contributed by atoms with E-state index in [9.17, 15) is 9.90 Å². The molecule has 1 aliphatic heterocycles. The zero-order chi connectivity index (χ0) is 15.5. The summed E-state index contributed by atoms with van der Waals surface area (Å²) in [5.74, 6) is 0.176. The van der Waals surface area contributed by atoms with Crippen molar-refractivity contribution in [1.29, 1.82) is 0 Å². The minimum Gasteiger partial charge on any atom is -0.480 e. The summed E-state index contributed by atoms with van der Waals surface area (Å²) in [5, 5.41) is 13.3. The van der Waals surface area contributed by atoms with Crippen LogP contribution in [0.25, 0.3) is 11.4 Å². The molecule has 1 N–H and O–H groups in total. The summed E-state index contributed by atoms with van der Waals surface area (Å²) in [6, 6.07) is 7.18. The monoisotopic (exact) mass is 365 g/mol. The molecule has 1 unspecified atom stereocenters. The number of carbonyl (C=O) groups is 1. The van der Waals surface area contributed by atoms with Gasteiger partial charge in [-0.2, -0.15) is 4.98 Å². The van der Waals surface area contributed by atoms with Gasteiger partial charge in [0, 0.05) is 10.0 Å². The Morgan fingerprint density at radius 1 is 1.45 bits per heavy atom. The van der Waals surface area contributed by atoms with Gasteiger partial charge in [-0.3, -0.25) is 9.69 Å². The fourth-order valence-electron chi connectivity index (χ4n) is 2.70. The summed E-state index contributed by atoms with van der Waals surface area (Å²) in [6.45, 7) is 1.11. The fraction of sp³-hybridized carbons (Fsp3) is 0.400. The molecule has 0 amide bonds. The lowest BCUT2D eigenvalue weighted by Gasteiger charge is -2.31. The molecule has 22 heavy (non-hydrogen) atoms. The molecule has 0 bridgehead atoms. The molecule has 7 heteroatoms. The summed E-state index contributed by atoms with van der Waals surface area (Å²) in [7, 11) is 0. The molecule has 1 saturated heterocycles. The number of hydrogen-bond acceptors (Lipinski definition) is 5. The molecule has 1 aliphatic rings. The van der Waals surface area contributed by atoms with Gasteiger partial charge in [-0.25, -0.2) is 0 Å². The van der Waals surface area contributed by atoms with Gasteiger partial charge in [0.05, 0.1) is 6.54 Å². The van der Waals surface area contributed by atoms with Crippen LogP contribution in [-0.4, -0.2) is 38.7 Å². The maximum absolute atomic E-state index is 11.3. The minimum atomic E-state index is -0.786. The molecule has 0 radical (unpaired) electrons. The molecule has 0 saturated carbocycles. The SMILES string of the molecule is O=C(O)C1CCCCN1Cc1nc(-c2cccc(Br)c2)no1. The van der Waals surface area contributed by atoms with Crippen LogP contribution in [0.15, 0.2) is 33.3 Å². The molecular formula is C15H16BrN3O3. The third-order valence-corrected chi connectivity index (χ3v) is 4.28. The Hall–Kier alpha value is -1.73. The number of carboxylic acids is 1. The molecule has 1 fully saturated rings. The topological polar surface area (TPSA) is 79.5 Å². The van der Waals surface area contributed by atoms with Crippen molar-refractivity contribution >= 4 is 21.9 Å². The van der Waals surface area contributed by atoms with Crippen LogP contribution in [-0.2, 0) is 11.3 Å². The second-order valence-electron chi connectivity index (χ2n) is 5.34. The normalized spacial score (nSPS) is 19.2. The van der Waals surface area contributed by atoms with E-state index in [1.54, 1.807) is 0 Å². The van der Waals surface area contributed by atoms with Crippen LogP contribution in [0.4, 0.5) is 0 Å². The van der Waals surface area contributed by atoms with E-state index in [0.717, 1.165) is 29.4 Å². The third kappa shape index (κ3) is 3.36. The number of nitrogens with zero attached hydrogens (tertiary/aromatic N) is 3. The maximum atomic E-state index is 11.3. The van der Waals surface area contributed by atoms with Gasteiger partial charge in [0.2, 0.25) is 11.7 Å². The summed E-state index contributed by atoms with van der Waals surface area (Å²) in [6.07, 6.45) is 2.61. The molecule has 2 aromatic rings. The number of halogens is 1. The van der Waals surface area contributed by atoms with E-state index >= 15 is 0 Å². The molecule has 0 spiro atoms. The average Bonchev–Trinajstić information content (AvgIpc) is 2.96. The average molecular weight is 366 g/mol. The van der Waals surface area contributed by atoms with E-state index in [1.807, 2.05) is 29.2 Å². The molecule has 2 heterocycles. The van der Waals surface area contributed by atoms with E-state index in [4.69, 9.17) is 4.52 Å². The van der Waals surface area contributed by atoms with Gasteiger partial charge < -0.3 is 9.63 Å². The molecule has 1 atom stereocenters. The first kappa shape index (κ1) is 15.2. The van der Waals surface area contributed by atoms with Crippen molar-refractivity contribution in [3.05, 3.63) is 34.6 Å². The lowest BCUT2D eigenvalue weighted by Crippen LogP contribution is -2.44. The van der Waals surface area contributed by atoms with E-state index in [-0.39, 0.29) is 0 Å². The molecule has 116 valence electrons. The van der Waals surface area contributed by atoms with Crippen molar-refractivity contribution < 1.29 is 14.4 Å². The Labute approximate surface area is 136 Å². The first-order chi connectivity index (χ1) is 10.6. The third-order valence-electron chi connectivity index (χ3n) is 3.79. The Kier molecular flexibility index (Phi) is 4.54. The number of benzene rings is 1. The number of likely N-dealkylation sites (tertiary alicyclic amines) is 1. The second kappa shape index (κ2) is 6.58. The first-order valence-corrected chi connectivity index (χ1v) is 7.98. The van der Waals surface area contributed by atoms with Gasteiger partial charge in [0.25, 0.3) is 0 Å². The largest absolute Gasteiger partial charge is 0.480 e. The smallest absolute Gasteiger partial charge is 0.320 e. The van der Waals surface area contributed by atoms with Gasteiger partial charge in [0.1, 0.15) is 6.04 Å². The van der Waals surface area contributed by atoms with Crippen LogP contribution in [0.1, 0.15) is 25.2 Å². The first-order valence-electron chi connectivity index (χ1n) is 7.19. The molecule has 6 nitrogen and oxygen atoms in total. The van der Waals surface area contributed by atoms with Crippen molar-refractivity contribution in [2.75, 3.05) is 6.54 Å². The van der Waals surface area contributed by atoms with E-state index < -0.39 is 12.0 Å². The summed E-state index contributed by atoms with van der Waals surface area (Å²) in [5.41, 5.74) is 0.859. The van der Waals surface area contributed by atoms with Gasteiger partial charge in [-0.1, -0.05) is 39.6 Å². The van der Waals surface area contributed by atoms with Gasteiger partial charge in [-0.15, -0.1) is 0 Å². The predicted molar refractivity (Wildman–Crippen MR) is 83.1 cm³/mol. The zero-order valence-corrected chi connectivity index (χ0v) is 13.5. The van der Waals surface area contributed by atoms with Crippen molar-refractivity contribution in [1.82, 2.24) is 15.0 Å².